The molecule has 1 aliphatic heterocycles. The molecular formula is C23H29N3O2S. The second-order valence-electron chi connectivity index (χ2n) is 7.66. The summed E-state index contributed by atoms with van der Waals surface area (Å²) in [5.41, 5.74) is 1.87. The minimum atomic E-state index is -0.224. The number of likely N-dealkylation sites (tertiary alicyclic amines) is 1. The van der Waals surface area contributed by atoms with Crippen molar-refractivity contribution >= 4 is 23.2 Å². The van der Waals surface area contributed by atoms with Crippen molar-refractivity contribution in [3.05, 3.63) is 65.7 Å². The van der Waals surface area contributed by atoms with Gasteiger partial charge in [-0.3, -0.25) is 15.0 Å². The molecule has 154 valence electrons. The third kappa shape index (κ3) is 6.84. The maximum absolute atomic E-state index is 12.5. The van der Waals surface area contributed by atoms with Gasteiger partial charge in [0.25, 0.3) is 5.91 Å². The van der Waals surface area contributed by atoms with Gasteiger partial charge in [0, 0.05) is 31.2 Å². The molecule has 6 heteroatoms. The molecule has 2 aromatic carbocycles. The van der Waals surface area contributed by atoms with E-state index in [1.165, 1.54) is 5.56 Å². The highest BCUT2D eigenvalue weighted by Gasteiger charge is 2.20. The Morgan fingerprint density at radius 1 is 1.14 bits per heavy atom. The summed E-state index contributed by atoms with van der Waals surface area (Å²) in [6.45, 7) is 6.91. The van der Waals surface area contributed by atoms with E-state index in [0.29, 0.717) is 16.4 Å². The summed E-state index contributed by atoms with van der Waals surface area (Å²) in [4.78, 5) is 14.9. The Labute approximate surface area is 178 Å². The number of hydrogen-bond acceptors (Lipinski definition) is 4. The molecule has 1 amide bonds. The smallest absolute Gasteiger partial charge is 0.257 e. The van der Waals surface area contributed by atoms with Crippen molar-refractivity contribution in [1.29, 1.82) is 0 Å². The van der Waals surface area contributed by atoms with Crippen molar-refractivity contribution in [2.24, 2.45) is 0 Å². The van der Waals surface area contributed by atoms with E-state index < -0.39 is 0 Å². The second kappa shape index (κ2) is 10.4. The van der Waals surface area contributed by atoms with Crippen LogP contribution in [0.2, 0.25) is 0 Å². The Morgan fingerprint density at radius 2 is 1.86 bits per heavy atom. The van der Waals surface area contributed by atoms with Gasteiger partial charge in [0.2, 0.25) is 0 Å². The van der Waals surface area contributed by atoms with E-state index in [4.69, 9.17) is 17.0 Å². The van der Waals surface area contributed by atoms with Gasteiger partial charge in [-0.15, -0.1) is 0 Å². The Morgan fingerprint density at radius 3 is 2.55 bits per heavy atom. The van der Waals surface area contributed by atoms with Crippen LogP contribution in [-0.4, -0.2) is 41.2 Å². The van der Waals surface area contributed by atoms with Crippen LogP contribution >= 0.6 is 12.2 Å². The Hall–Kier alpha value is -2.44. The van der Waals surface area contributed by atoms with E-state index in [9.17, 15) is 4.79 Å². The molecule has 3 rings (SSSR count). The number of nitrogens with zero attached hydrogens (tertiary/aromatic N) is 1. The summed E-state index contributed by atoms with van der Waals surface area (Å²) >= 11 is 5.36. The summed E-state index contributed by atoms with van der Waals surface area (Å²) in [5.74, 6) is 0.454. The molecule has 0 aromatic heterocycles. The van der Waals surface area contributed by atoms with Gasteiger partial charge in [-0.2, -0.15) is 0 Å². The topological polar surface area (TPSA) is 53.6 Å². The van der Waals surface area contributed by atoms with Crippen molar-refractivity contribution in [2.75, 3.05) is 13.1 Å². The van der Waals surface area contributed by atoms with Crippen LogP contribution in [0.15, 0.2) is 54.6 Å². The average molecular weight is 412 g/mol. The minimum Gasteiger partial charge on any atom is -0.491 e. The van der Waals surface area contributed by atoms with E-state index in [1.54, 1.807) is 12.1 Å². The van der Waals surface area contributed by atoms with Gasteiger partial charge >= 0.3 is 0 Å². The summed E-state index contributed by atoms with van der Waals surface area (Å²) in [6, 6.07) is 18.0. The summed E-state index contributed by atoms with van der Waals surface area (Å²) in [5, 5.41) is 6.46. The fourth-order valence-electron chi connectivity index (χ4n) is 3.46. The predicted octanol–water partition coefficient (Wildman–Crippen LogP) is 3.74. The molecule has 1 saturated heterocycles. The number of thiocarbonyl (C=S) groups is 1. The van der Waals surface area contributed by atoms with Crippen molar-refractivity contribution in [3.8, 4) is 5.75 Å². The fourth-order valence-corrected chi connectivity index (χ4v) is 3.72. The lowest BCUT2D eigenvalue weighted by Crippen LogP contribution is -2.48. The van der Waals surface area contributed by atoms with Crippen LogP contribution in [0, 0.1) is 0 Å². The molecular weight excluding hydrogens is 382 g/mol. The predicted molar refractivity (Wildman–Crippen MR) is 120 cm³/mol. The first-order chi connectivity index (χ1) is 14.0. The third-order valence-electron chi connectivity index (χ3n) is 4.87. The van der Waals surface area contributed by atoms with Crippen LogP contribution in [0.25, 0.3) is 0 Å². The molecule has 1 heterocycles. The lowest BCUT2D eigenvalue weighted by molar-refractivity contribution is 0.0975. The van der Waals surface area contributed by atoms with E-state index >= 15 is 0 Å². The van der Waals surface area contributed by atoms with Crippen LogP contribution in [0.4, 0.5) is 0 Å². The number of hydrogen-bond donors (Lipinski definition) is 2. The first-order valence-corrected chi connectivity index (χ1v) is 10.6. The number of carbonyl (C=O) groups excluding carboxylic acids is 1. The van der Waals surface area contributed by atoms with Crippen LogP contribution in [0.5, 0.6) is 5.75 Å². The van der Waals surface area contributed by atoms with Crippen molar-refractivity contribution < 1.29 is 9.53 Å². The van der Waals surface area contributed by atoms with Gasteiger partial charge in [-0.1, -0.05) is 36.4 Å². The zero-order valence-electron chi connectivity index (χ0n) is 17.1. The van der Waals surface area contributed by atoms with Crippen LogP contribution in [0.1, 0.15) is 42.6 Å². The molecule has 5 nitrogen and oxygen atoms in total. The summed E-state index contributed by atoms with van der Waals surface area (Å²) < 4.78 is 5.65. The van der Waals surface area contributed by atoms with E-state index in [1.807, 2.05) is 32.0 Å². The van der Waals surface area contributed by atoms with Crippen molar-refractivity contribution in [3.63, 3.8) is 0 Å². The number of carbonyl (C=O) groups is 1. The molecule has 0 bridgehead atoms. The van der Waals surface area contributed by atoms with Gasteiger partial charge in [0.1, 0.15) is 5.75 Å². The minimum absolute atomic E-state index is 0.0591. The molecule has 0 spiro atoms. The first-order valence-electron chi connectivity index (χ1n) is 10.1. The number of ether oxygens (including phenoxy) is 1. The molecule has 29 heavy (non-hydrogen) atoms. The third-order valence-corrected chi connectivity index (χ3v) is 5.09. The molecule has 0 unspecified atom stereocenters. The SMILES string of the molecule is CC(C)Oc1cccc(C(=O)NC(=S)NC2CCN(Cc3ccccc3)CC2)c1. The standard InChI is InChI=1S/C23H29N3O2S/c1-17(2)28-21-10-6-9-19(15-21)22(27)25-23(29)24-20-11-13-26(14-12-20)16-18-7-4-3-5-8-18/h3-10,15,17,20H,11-14,16H2,1-2H3,(H2,24,25,27,29). The summed E-state index contributed by atoms with van der Waals surface area (Å²) in [6.07, 6.45) is 2.06. The number of nitrogens with one attached hydrogen (secondary N) is 2. The number of rotatable bonds is 6. The average Bonchev–Trinajstić information content (AvgIpc) is 2.70. The van der Waals surface area contributed by atoms with Gasteiger partial charge in [-0.25, -0.2) is 0 Å². The molecule has 0 aliphatic carbocycles. The molecule has 1 fully saturated rings. The monoisotopic (exact) mass is 411 g/mol. The van der Waals surface area contributed by atoms with E-state index in [2.05, 4.69) is 39.8 Å². The maximum Gasteiger partial charge on any atom is 0.257 e. The van der Waals surface area contributed by atoms with Crippen molar-refractivity contribution in [1.82, 2.24) is 15.5 Å². The van der Waals surface area contributed by atoms with Crippen molar-refractivity contribution in [2.45, 2.75) is 45.4 Å². The highest BCUT2D eigenvalue weighted by atomic mass is 32.1. The lowest BCUT2D eigenvalue weighted by atomic mass is 10.0. The molecule has 2 N–H and O–H groups in total. The lowest BCUT2D eigenvalue weighted by Gasteiger charge is -2.32. The highest BCUT2D eigenvalue weighted by Crippen LogP contribution is 2.16. The largest absolute Gasteiger partial charge is 0.491 e. The molecule has 0 saturated carbocycles. The van der Waals surface area contributed by atoms with Gasteiger partial charge in [0.15, 0.2) is 5.11 Å². The number of benzene rings is 2. The normalized spacial score (nSPS) is 15.1. The van der Waals surface area contributed by atoms with Crippen LogP contribution < -0.4 is 15.4 Å². The number of amides is 1. The summed E-state index contributed by atoms with van der Waals surface area (Å²) in [7, 11) is 0. The Bertz CT molecular complexity index is 818. The van der Waals surface area contributed by atoms with Gasteiger partial charge in [-0.05, 0) is 62.7 Å². The highest BCUT2D eigenvalue weighted by molar-refractivity contribution is 7.80. The quantitative estimate of drug-likeness (QED) is 0.709. The maximum atomic E-state index is 12.5. The van der Waals surface area contributed by atoms with Gasteiger partial charge in [0.05, 0.1) is 6.10 Å². The zero-order chi connectivity index (χ0) is 20.6. The first kappa shape index (κ1) is 21.3. The molecule has 1 aliphatic rings. The molecule has 0 radical (unpaired) electrons. The second-order valence-corrected chi connectivity index (χ2v) is 8.07. The zero-order valence-corrected chi connectivity index (χ0v) is 17.9. The molecule has 0 atom stereocenters. The van der Waals surface area contributed by atoms with Crippen LogP contribution in [0.3, 0.4) is 0 Å². The Balaban J connectivity index is 1.43. The van der Waals surface area contributed by atoms with E-state index in [0.717, 1.165) is 32.5 Å². The van der Waals surface area contributed by atoms with Crippen LogP contribution in [-0.2, 0) is 6.54 Å². The number of piperidine rings is 1. The Kier molecular flexibility index (Phi) is 7.61. The molecule has 2 aromatic rings. The van der Waals surface area contributed by atoms with Gasteiger partial charge < -0.3 is 10.1 Å². The fraction of sp³-hybridized carbons (Fsp3) is 0.391. The van der Waals surface area contributed by atoms with E-state index in [-0.39, 0.29) is 18.1 Å².